The zero-order valence-electron chi connectivity index (χ0n) is 30.3. The average Bonchev–Trinajstić information content (AvgIpc) is 3.63. The number of carbonyl (C=O) groups excluding carboxylic acids is 4. The Hall–Kier alpha value is -4.70. The van der Waals surface area contributed by atoms with Gasteiger partial charge in [-0.25, -0.2) is 18.0 Å². The first kappa shape index (κ1) is 42.0. The van der Waals surface area contributed by atoms with Gasteiger partial charge in [-0.15, -0.1) is 0 Å². The van der Waals surface area contributed by atoms with Gasteiger partial charge in [0.1, 0.15) is 18.1 Å². The summed E-state index contributed by atoms with van der Waals surface area (Å²) < 4.78 is 27.8. The standard InChI is InChI=1S/C37H44Cl2N6O8S/c1-5-22(2)33(44(4)32(46)17-24-12-14-27(15-13-24)41-37(51)43-29-10-7-6-9-23(29)3)35(48)40-21-30(36(49)50)42-34(47)31-11-8-16-45(31)54(52,53)28-19-25(38)18-26(39)20-28/h6-7,9-10,12-15,18-20,22,30-31,33H,5,8,11,16-17,21H2,1-4H3,(H,40,48)(H,42,47)(H,49,50)(H2,41,43,51)/t22?,30-,31-,33-/m0/s1. The van der Waals surface area contributed by atoms with E-state index >= 15 is 0 Å². The van der Waals surface area contributed by atoms with Gasteiger partial charge in [0.05, 0.1) is 11.3 Å². The number of anilines is 2. The normalized spacial score (nSPS) is 16.1. The molecule has 5 N–H and O–H groups in total. The van der Waals surface area contributed by atoms with Crippen LogP contribution < -0.4 is 21.3 Å². The summed E-state index contributed by atoms with van der Waals surface area (Å²) in [5.41, 5.74) is 2.73. The third kappa shape index (κ3) is 10.7. The van der Waals surface area contributed by atoms with Crippen LogP contribution in [0, 0.1) is 12.8 Å². The molecule has 4 atom stereocenters. The van der Waals surface area contributed by atoms with Gasteiger partial charge in [0.2, 0.25) is 27.7 Å². The monoisotopic (exact) mass is 802 g/mol. The van der Waals surface area contributed by atoms with Gasteiger partial charge in [0.25, 0.3) is 0 Å². The Bertz CT molecular complexity index is 1960. The highest BCUT2D eigenvalue weighted by molar-refractivity contribution is 7.89. The molecular formula is C37H44Cl2N6O8S. The van der Waals surface area contributed by atoms with Crippen LogP contribution in [0.25, 0.3) is 0 Å². The predicted molar refractivity (Wildman–Crippen MR) is 206 cm³/mol. The van der Waals surface area contributed by atoms with Crippen LogP contribution in [-0.4, -0.2) is 90.7 Å². The molecule has 17 heteroatoms. The third-order valence-corrected chi connectivity index (χ3v) is 11.6. The summed E-state index contributed by atoms with van der Waals surface area (Å²) in [6.45, 7) is 5.01. The van der Waals surface area contributed by atoms with E-state index in [1.54, 1.807) is 37.3 Å². The number of likely N-dealkylation sites (N-methyl/N-ethyl adjacent to an activating group) is 1. The predicted octanol–water partition coefficient (Wildman–Crippen LogP) is 4.90. The molecule has 1 heterocycles. The van der Waals surface area contributed by atoms with Crippen LogP contribution in [0.5, 0.6) is 0 Å². The average molecular weight is 804 g/mol. The van der Waals surface area contributed by atoms with E-state index in [4.69, 9.17) is 23.2 Å². The largest absolute Gasteiger partial charge is 0.480 e. The molecule has 0 radical (unpaired) electrons. The van der Waals surface area contributed by atoms with Crippen molar-refractivity contribution in [2.24, 2.45) is 5.92 Å². The summed E-state index contributed by atoms with van der Waals surface area (Å²) in [6, 6.07) is 13.7. The quantitative estimate of drug-likeness (QED) is 0.143. The summed E-state index contributed by atoms with van der Waals surface area (Å²) in [6.07, 6.45) is 0.958. The maximum atomic E-state index is 13.5. The van der Waals surface area contributed by atoms with Crippen LogP contribution in [0.2, 0.25) is 10.0 Å². The molecule has 3 aromatic rings. The maximum absolute atomic E-state index is 13.5. The summed E-state index contributed by atoms with van der Waals surface area (Å²) in [7, 11) is -2.72. The molecule has 1 aliphatic heterocycles. The van der Waals surface area contributed by atoms with Gasteiger partial charge in [-0.05, 0) is 73.2 Å². The number of carbonyl (C=O) groups is 5. The van der Waals surface area contributed by atoms with Crippen LogP contribution in [0.3, 0.4) is 0 Å². The summed E-state index contributed by atoms with van der Waals surface area (Å²) in [5, 5.41) is 20.6. The smallest absolute Gasteiger partial charge is 0.328 e. The molecule has 0 aliphatic carbocycles. The highest BCUT2D eigenvalue weighted by atomic mass is 35.5. The zero-order chi connectivity index (χ0) is 39.7. The fourth-order valence-electron chi connectivity index (χ4n) is 6.08. The van der Waals surface area contributed by atoms with Crippen molar-refractivity contribution in [3.63, 3.8) is 0 Å². The molecule has 14 nitrogen and oxygen atoms in total. The van der Waals surface area contributed by atoms with Crippen molar-refractivity contribution in [2.75, 3.05) is 30.8 Å². The summed E-state index contributed by atoms with van der Waals surface area (Å²) >= 11 is 12.0. The molecule has 1 aliphatic rings. The van der Waals surface area contributed by atoms with Crippen molar-refractivity contribution in [1.29, 1.82) is 0 Å². The number of para-hydroxylation sites is 1. The number of hydrogen-bond donors (Lipinski definition) is 5. The highest BCUT2D eigenvalue weighted by Gasteiger charge is 2.41. The number of amides is 5. The molecule has 54 heavy (non-hydrogen) atoms. The number of halogens is 2. The Morgan fingerprint density at radius 2 is 1.63 bits per heavy atom. The number of nitrogens with one attached hydrogen (secondary N) is 4. The Labute approximate surface area is 324 Å². The fraction of sp³-hybridized carbons (Fsp3) is 0.378. The van der Waals surface area contributed by atoms with Crippen molar-refractivity contribution in [1.82, 2.24) is 19.8 Å². The molecule has 1 unspecified atom stereocenters. The van der Waals surface area contributed by atoms with Crippen molar-refractivity contribution in [3.05, 3.63) is 87.9 Å². The minimum absolute atomic E-state index is 0.0165. The summed E-state index contributed by atoms with van der Waals surface area (Å²) in [5.74, 6) is -3.62. The van der Waals surface area contributed by atoms with Crippen molar-refractivity contribution in [3.8, 4) is 0 Å². The van der Waals surface area contributed by atoms with Gasteiger partial charge in [-0.3, -0.25) is 14.4 Å². The minimum Gasteiger partial charge on any atom is -0.480 e. The van der Waals surface area contributed by atoms with Gasteiger partial charge >= 0.3 is 12.0 Å². The van der Waals surface area contributed by atoms with Gasteiger partial charge in [0.15, 0.2) is 0 Å². The lowest BCUT2D eigenvalue weighted by molar-refractivity contribution is -0.143. The molecule has 0 bridgehead atoms. The Morgan fingerprint density at radius 1 is 0.981 bits per heavy atom. The second-order valence-corrected chi connectivity index (χ2v) is 15.9. The van der Waals surface area contributed by atoms with Crippen molar-refractivity contribution >= 4 is 74.3 Å². The first-order chi connectivity index (χ1) is 25.5. The topological polar surface area (TPSA) is 194 Å². The molecule has 4 rings (SSSR count). The van der Waals surface area contributed by atoms with Gasteiger partial charge in [-0.1, -0.05) is 73.8 Å². The van der Waals surface area contributed by atoms with E-state index in [0.29, 0.717) is 29.8 Å². The van der Waals surface area contributed by atoms with Gasteiger partial charge in [-0.2, -0.15) is 4.31 Å². The number of hydrogen-bond acceptors (Lipinski definition) is 7. The number of nitrogens with zero attached hydrogens (tertiary/aromatic N) is 2. The van der Waals surface area contributed by atoms with Crippen LogP contribution in [0.1, 0.15) is 44.2 Å². The lowest BCUT2D eigenvalue weighted by atomic mass is 9.96. The SMILES string of the molecule is CCC(C)[C@@H](C(=O)NC[C@H](NC(=O)[C@@H]1CCCN1S(=O)(=O)c1cc(Cl)cc(Cl)c1)C(=O)O)N(C)C(=O)Cc1ccc(NC(=O)Nc2ccccc2C)cc1. The number of sulfonamides is 1. The van der Waals surface area contributed by atoms with E-state index in [9.17, 15) is 37.5 Å². The molecule has 290 valence electrons. The minimum atomic E-state index is -4.21. The number of rotatable bonds is 15. The van der Waals surface area contributed by atoms with Crippen LogP contribution in [-0.2, 0) is 35.6 Å². The van der Waals surface area contributed by atoms with Crippen LogP contribution in [0.15, 0.2) is 71.6 Å². The first-order valence-electron chi connectivity index (χ1n) is 17.3. The Balaban J connectivity index is 1.36. The number of urea groups is 1. The van der Waals surface area contributed by atoms with E-state index in [-0.39, 0.29) is 46.2 Å². The highest BCUT2D eigenvalue weighted by Crippen LogP contribution is 2.30. The van der Waals surface area contributed by atoms with E-state index in [0.717, 1.165) is 9.87 Å². The molecule has 1 fully saturated rings. The Morgan fingerprint density at radius 3 is 2.24 bits per heavy atom. The van der Waals surface area contributed by atoms with E-state index in [1.807, 2.05) is 32.0 Å². The number of carboxylic acid groups (broad SMARTS) is 1. The zero-order valence-corrected chi connectivity index (χ0v) is 32.6. The fourth-order valence-corrected chi connectivity index (χ4v) is 8.46. The van der Waals surface area contributed by atoms with E-state index < -0.39 is 58.5 Å². The van der Waals surface area contributed by atoms with Crippen LogP contribution >= 0.6 is 23.2 Å². The van der Waals surface area contributed by atoms with Gasteiger partial charge < -0.3 is 31.3 Å². The first-order valence-corrected chi connectivity index (χ1v) is 19.5. The Kier molecular flexibility index (Phi) is 14.5. The number of benzene rings is 3. The summed E-state index contributed by atoms with van der Waals surface area (Å²) in [4.78, 5) is 66.1. The maximum Gasteiger partial charge on any atom is 0.328 e. The van der Waals surface area contributed by atoms with Crippen molar-refractivity contribution in [2.45, 2.75) is 69.5 Å². The number of aryl methyl sites for hydroxylation is 1. The molecule has 0 aromatic heterocycles. The lowest BCUT2D eigenvalue weighted by Gasteiger charge is -2.32. The van der Waals surface area contributed by atoms with Crippen LogP contribution in [0.4, 0.5) is 16.2 Å². The van der Waals surface area contributed by atoms with E-state index in [1.165, 1.54) is 30.1 Å². The molecule has 0 saturated carbocycles. The second-order valence-electron chi connectivity index (χ2n) is 13.1. The third-order valence-electron chi connectivity index (χ3n) is 9.27. The van der Waals surface area contributed by atoms with Gasteiger partial charge in [0, 0.05) is 41.6 Å². The number of carboxylic acids is 1. The second kappa shape index (κ2) is 18.6. The molecule has 1 saturated heterocycles. The van der Waals surface area contributed by atoms with Crippen molar-refractivity contribution < 1.29 is 37.5 Å². The van der Waals surface area contributed by atoms with E-state index in [2.05, 4.69) is 21.3 Å². The number of aliphatic carboxylic acids is 1. The molecule has 0 spiro atoms. The molecule has 5 amide bonds. The molecular weight excluding hydrogens is 759 g/mol. The lowest BCUT2D eigenvalue weighted by Crippen LogP contribution is -2.57. The molecule has 3 aromatic carbocycles.